The molecule has 0 unspecified atom stereocenters. The highest BCUT2D eigenvalue weighted by Crippen LogP contribution is 2.24. The molecule has 0 spiro atoms. The lowest BCUT2D eigenvalue weighted by Crippen LogP contribution is -2.50. The van der Waals surface area contributed by atoms with Crippen LogP contribution in [0.25, 0.3) is 0 Å². The topological polar surface area (TPSA) is 32.8 Å². The Morgan fingerprint density at radius 3 is 2.28 bits per heavy atom. The van der Waals surface area contributed by atoms with Crippen molar-refractivity contribution in [2.45, 2.75) is 6.92 Å². The summed E-state index contributed by atoms with van der Waals surface area (Å²) in [5.74, 6) is 0.649. The fourth-order valence-corrected chi connectivity index (χ4v) is 3.29. The predicted molar refractivity (Wildman–Crippen MR) is 102 cm³/mol. The number of aryl methyl sites for hydroxylation is 1. The second-order valence-corrected chi connectivity index (χ2v) is 6.91. The molecule has 2 aromatic rings. The summed E-state index contributed by atoms with van der Waals surface area (Å²) in [7, 11) is 0. The summed E-state index contributed by atoms with van der Waals surface area (Å²) >= 11 is 11.9. The van der Waals surface area contributed by atoms with Gasteiger partial charge in [0.25, 0.3) is 5.91 Å². The average Bonchev–Trinajstić information content (AvgIpc) is 2.61. The third-order valence-electron chi connectivity index (χ3n) is 4.31. The maximum Gasteiger partial charge on any atom is 0.260 e. The maximum atomic E-state index is 12.3. The first-order chi connectivity index (χ1) is 12.0. The first kappa shape index (κ1) is 17.9. The highest BCUT2D eigenvalue weighted by molar-refractivity contribution is 6.31. The molecular formula is C19H20Cl2N2O2. The van der Waals surface area contributed by atoms with E-state index in [0.29, 0.717) is 23.9 Å². The molecule has 1 saturated heterocycles. The van der Waals surface area contributed by atoms with E-state index in [4.69, 9.17) is 27.9 Å². The first-order valence-electron chi connectivity index (χ1n) is 8.20. The van der Waals surface area contributed by atoms with E-state index in [-0.39, 0.29) is 12.5 Å². The highest BCUT2D eigenvalue weighted by Gasteiger charge is 2.22. The molecule has 1 aliphatic rings. The number of rotatable bonds is 4. The molecular weight excluding hydrogens is 359 g/mol. The molecule has 1 heterocycles. The molecule has 2 aromatic carbocycles. The molecule has 0 atom stereocenters. The molecule has 0 N–H and O–H groups in total. The van der Waals surface area contributed by atoms with Crippen LogP contribution in [-0.2, 0) is 4.79 Å². The number of carbonyl (C=O) groups is 1. The number of amides is 1. The molecule has 0 radical (unpaired) electrons. The van der Waals surface area contributed by atoms with Crippen LogP contribution in [0.2, 0.25) is 10.0 Å². The van der Waals surface area contributed by atoms with Gasteiger partial charge in [0.1, 0.15) is 5.75 Å². The van der Waals surface area contributed by atoms with Gasteiger partial charge in [-0.2, -0.15) is 0 Å². The zero-order valence-electron chi connectivity index (χ0n) is 14.0. The number of hydrogen-bond acceptors (Lipinski definition) is 3. The van der Waals surface area contributed by atoms with E-state index in [1.54, 1.807) is 24.3 Å². The van der Waals surface area contributed by atoms with Crippen molar-refractivity contribution in [3.05, 3.63) is 58.1 Å². The molecule has 4 nitrogen and oxygen atoms in total. The van der Waals surface area contributed by atoms with Gasteiger partial charge in [0.2, 0.25) is 0 Å². The van der Waals surface area contributed by atoms with Crippen molar-refractivity contribution < 1.29 is 9.53 Å². The van der Waals surface area contributed by atoms with Crippen molar-refractivity contribution in [1.82, 2.24) is 4.90 Å². The summed E-state index contributed by atoms with van der Waals surface area (Å²) in [5, 5.41) is 1.39. The lowest BCUT2D eigenvalue weighted by Gasteiger charge is -2.36. The van der Waals surface area contributed by atoms with Gasteiger partial charge in [0.05, 0.1) is 0 Å². The molecule has 0 aromatic heterocycles. The lowest BCUT2D eigenvalue weighted by atomic mass is 10.1. The number of halogens is 2. The highest BCUT2D eigenvalue weighted by atomic mass is 35.5. The van der Waals surface area contributed by atoms with E-state index in [1.165, 1.54) is 5.69 Å². The average molecular weight is 379 g/mol. The summed E-state index contributed by atoms with van der Waals surface area (Å²) < 4.78 is 5.54. The smallest absolute Gasteiger partial charge is 0.260 e. The van der Waals surface area contributed by atoms with Gasteiger partial charge >= 0.3 is 0 Å². The van der Waals surface area contributed by atoms with E-state index >= 15 is 0 Å². The van der Waals surface area contributed by atoms with E-state index < -0.39 is 0 Å². The van der Waals surface area contributed by atoms with Gasteiger partial charge in [-0.1, -0.05) is 23.2 Å². The Hall–Kier alpha value is -1.91. The monoisotopic (exact) mass is 378 g/mol. The second-order valence-electron chi connectivity index (χ2n) is 6.04. The van der Waals surface area contributed by atoms with Gasteiger partial charge in [-0.3, -0.25) is 4.79 Å². The summed E-state index contributed by atoms with van der Waals surface area (Å²) in [6.45, 7) is 5.07. The summed E-state index contributed by atoms with van der Waals surface area (Å²) in [6, 6.07) is 12.9. The minimum atomic E-state index is 0.00225. The maximum absolute atomic E-state index is 12.3. The fourth-order valence-electron chi connectivity index (χ4n) is 2.94. The Kier molecular flexibility index (Phi) is 5.71. The molecule has 25 heavy (non-hydrogen) atoms. The van der Waals surface area contributed by atoms with Gasteiger partial charge in [-0.15, -0.1) is 0 Å². The number of anilines is 1. The Morgan fingerprint density at radius 1 is 1.00 bits per heavy atom. The van der Waals surface area contributed by atoms with Crippen LogP contribution in [-0.4, -0.2) is 43.6 Å². The number of benzene rings is 2. The number of carbonyl (C=O) groups excluding carboxylic acids is 1. The van der Waals surface area contributed by atoms with Crippen LogP contribution in [0.15, 0.2) is 42.5 Å². The summed E-state index contributed by atoms with van der Waals surface area (Å²) in [5.41, 5.74) is 2.33. The molecule has 0 bridgehead atoms. The van der Waals surface area contributed by atoms with Crippen molar-refractivity contribution in [3.8, 4) is 5.75 Å². The van der Waals surface area contributed by atoms with Crippen LogP contribution < -0.4 is 9.64 Å². The number of ether oxygens (including phenoxy) is 1. The molecule has 1 amide bonds. The van der Waals surface area contributed by atoms with Crippen LogP contribution in [0.5, 0.6) is 5.75 Å². The van der Waals surface area contributed by atoms with Gasteiger partial charge in [-0.05, 0) is 55.0 Å². The number of piperazine rings is 1. The van der Waals surface area contributed by atoms with E-state index in [9.17, 15) is 4.79 Å². The summed E-state index contributed by atoms with van der Waals surface area (Å²) in [4.78, 5) is 16.5. The third-order valence-corrected chi connectivity index (χ3v) is 4.79. The lowest BCUT2D eigenvalue weighted by molar-refractivity contribution is -0.133. The Morgan fingerprint density at radius 2 is 1.64 bits per heavy atom. The minimum absolute atomic E-state index is 0.00225. The Labute approximate surface area is 157 Å². The SMILES string of the molecule is Cc1cc(Cl)ccc1N1CCN(C(=O)COc2ccc(Cl)cc2)CC1. The molecule has 132 valence electrons. The zero-order chi connectivity index (χ0) is 17.8. The van der Waals surface area contributed by atoms with Crippen molar-refractivity contribution in [3.63, 3.8) is 0 Å². The van der Waals surface area contributed by atoms with Gasteiger partial charge < -0.3 is 14.5 Å². The van der Waals surface area contributed by atoms with Crippen molar-refractivity contribution in [2.75, 3.05) is 37.7 Å². The van der Waals surface area contributed by atoms with Gasteiger partial charge in [-0.25, -0.2) is 0 Å². The van der Waals surface area contributed by atoms with E-state index in [2.05, 4.69) is 11.8 Å². The predicted octanol–water partition coefficient (Wildman–Crippen LogP) is 4.03. The molecule has 6 heteroatoms. The quantitative estimate of drug-likeness (QED) is 0.804. The Balaban J connectivity index is 1.51. The molecule has 3 rings (SSSR count). The van der Waals surface area contributed by atoms with Crippen molar-refractivity contribution >= 4 is 34.8 Å². The standard InChI is InChI=1S/C19H20Cl2N2O2/c1-14-12-16(21)4-7-18(14)22-8-10-23(11-9-22)19(24)13-25-17-5-2-15(20)3-6-17/h2-7,12H,8-11,13H2,1H3. The van der Waals surface area contributed by atoms with Gasteiger partial charge in [0, 0.05) is 41.9 Å². The minimum Gasteiger partial charge on any atom is -0.484 e. The molecule has 1 aliphatic heterocycles. The van der Waals surface area contributed by atoms with E-state index in [1.807, 2.05) is 23.1 Å². The normalized spacial score (nSPS) is 14.5. The van der Waals surface area contributed by atoms with Crippen LogP contribution in [0.3, 0.4) is 0 Å². The Bertz CT molecular complexity index is 742. The number of hydrogen-bond donors (Lipinski definition) is 0. The molecule has 1 fully saturated rings. The molecule has 0 aliphatic carbocycles. The van der Waals surface area contributed by atoms with Gasteiger partial charge in [0.15, 0.2) is 6.61 Å². The van der Waals surface area contributed by atoms with Crippen LogP contribution in [0.1, 0.15) is 5.56 Å². The fraction of sp³-hybridized carbons (Fsp3) is 0.316. The van der Waals surface area contributed by atoms with E-state index in [0.717, 1.165) is 23.7 Å². The summed E-state index contributed by atoms with van der Waals surface area (Å²) in [6.07, 6.45) is 0. The first-order valence-corrected chi connectivity index (χ1v) is 8.96. The molecule has 0 saturated carbocycles. The van der Waals surface area contributed by atoms with Crippen LogP contribution >= 0.6 is 23.2 Å². The number of nitrogens with zero attached hydrogens (tertiary/aromatic N) is 2. The van der Waals surface area contributed by atoms with Crippen molar-refractivity contribution in [2.24, 2.45) is 0 Å². The largest absolute Gasteiger partial charge is 0.484 e. The van der Waals surface area contributed by atoms with Crippen LogP contribution in [0, 0.1) is 6.92 Å². The third kappa shape index (κ3) is 4.59. The van der Waals surface area contributed by atoms with Crippen molar-refractivity contribution in [1.29, 1.82) is 0 Å². The zero-order valence-corrected chi connectivity index (χ0v) is 15.6. The second kappa shape index (κ2) is 7.98. The van der Waals surface area contributed by atoms with Crippen LogP contribution in [0.4, 0.5) is 5.69 Å².